The number of halogens is 1. The van der Waals surface area contributed by atoms with Crippen molar-refractivity contribution in [3.8, 4) is 5.75 Å². The van der Waals surface area contributed by atoms with Crippen LogP contribution in [0.3, 0.4) is 0 Å². The number of nitrogens with one attached hydrogen (secondary N) is 2. The van der Waals surface area contributed by atoms with Gasteiger partial charge in [-0.05, 0) is 56.6 Å². The van der Waals surface area contributed by atoms with E-state index in [4.69, 9.17) is 9.73 Å². The molecule has 0 bridgehead atoms. The van der Waals surface area contributed by atoms with Gasteiger partial charge in [0.25, 0.3) is 0 Å². The maximum Gasteiger partial charge on any atom is 0.191 e. The minimum atomic E-state index is 0. The molecule has 8 heteroatoms. The molecule has 29 heavy (non-hydrogen) atoms. The van der Waals surface area contributed by atoms with Crippen molar-refractivity contribution in [2.24, 2.45) is 4.99 Å². The highest BCUT2D eigenvalue weighted by Crippen LogP contribution is 2.27. The zero-order valence-corrected chi connectivity index (χ0v) is 19.7. The molecule has 1 aliphatic rings. The number of ether oxygens (including phenoxy) is 1. The average molecular weight is 512 g/mol. The van der Waals surface area contributed by atoms with Gasteiger partial charge in [0.15, 0.2) is 5.96 Å². The second-order valence-electron chi connectivity index (χ2n) is 6.95. The van der Waals surface area contributed by atoms with E-state index in [9.17, 15) is 0 Å². The third-order valence-corrected chi connectivity index (χ3v) is 5.04. The summed E-state index contributed by atoms with van der Waals surface area (Å²) in [5.74, 6) is 1.74. The lowest BCUT2D eigenvalue weighted by Gasteiger charge is -2.27. The predicted octanol–water partition coefficient (Wildman–Crippen LogP) is 2.90. The van der Waals surface area contributed by atoms with E-state index in [1.165, 1.54) is 18.4 Å². The first-order valence-corrected chi connectivity index (χ1v) is 10.2. The zero-order chi connectivity index (χ0) is 19.6. The fraction of sp³-hybridized carbons (Fsp3) is 0.524. The summed E-state index contributed by atoms with van der Waals surface area (Å²) in [6.07, 6.45) is 6.30. The summed E-state index contributed by atoms with van der Waals surface area (Å²) in [5, 5.41) is 11.0. The summed E-state index contributed by atoms with van der Waals surface area (Å²) in [4.78, 5) is 7.43. The highest BCUT2D eigenvalue weighted by Gasteiger charge is 2.23. The molecule has 7 nitrogen and oxygen atoms in total. The van der Waals surface area contributed by atoms with Crippen molar-refractivity contribution in [3.05, 3.63) is 48.3 Å². The first kappa shape index (κ1) is 23.5. The maximum absolute atomic E-state index is 5.31. The molecule has 1 fully saturated rings. The van der Waals surface area contributed by atoms with E-state index in [1.54, 1.807) is 13.3 Å². The van der Waals surface area contributed by atoms with E-state index in [0.29, 0.717) is 0 Å². The number of rotatable bonds is 9. The Hall–Kier alpha value is -1.81. The predicted molar refractivity (Wildman–Crippen MR) is 128 cm³/mol. The smallest absolute Gasteiger partial charge is 0.191 e. The Morgan fingerprint density at radius 3 is 2.59 bits per heavy atom. The normalized spacial score (nSPS) is 15.6. The van der Waals surface area contributed by atoms with E-state index >= 15 is 0 Å². The van der Waals surface area contributed by atoms with Gasteiger partial charge in [0.1, 0.15) is 5.75 Å². The van der Waals surface area contributed by atoms with E-state index < -0.39 is 0 Å². The van der Waals surface area contributed by atoms with Crippen LogP contribution < -0.4 is 15.4 Å². The van der Waals surface area contributed by atoms with Gasteiger partial charge in [-0.25, -0.2) is 0 Å². The van der Waals surface area contributed by atoms with Gasteiger partial charge in [-0.3, -0.25) is 14.6 Å². The number of guanidine groups is 1. The molecule has 1 aromatic carbocycles. The molecule has 2 N–H and O–H groups in total. The number of hydrogen-bond acceptors (Lipinski definition) is 4. The lowest BCUT2D eigenvalue weighted by Crippen LogP contribution is -2.39. The molecule has 3 rings (SSSR count). The SMILES string of the molecule is CCNC(=NCC(c1ccc(OC)cc1)N1CCCC1)NCCn1cccn1.I. The minimum Gasteiger partial charge on any atom is -0.497 e. The summed E-state index contributed by atoms with van der Waals surface area (Å²) >= 11 is 0. The Morgan fingerprint density at radius 2 is 1.97 bits per heavy atom. The molecule has 1 unspecified atom stereocenters. The fourth-order valence-corrected chi connectivity index (χ4v) is 3.55. The Morgan fingerprint density at radius 1 is 1.21 bits per heavy atom. The van der Waals surface area contributed by atoms with Crippen LogP contribution in [0.2, 0.25) is 0 Å². The van der Waals surface area contributed by atoms with Crippen molar-refractivity contribution in [2.45, 2.75) is 32.4 Å². The van der Waals surface area contributed by atoms with Crippen LogP contribution in [0.15, 0.2) is 47.7 Å². The van der Waals surface area contributed by atoms with Gasteiger partial charge in [-0.15, -0.1) is 24.0 Å². The van der Waals surface area contributed by atoms with Crippen LogP contribution >= 0.6 is 24.0 Å². The Bertz CT molecular complexity index is 713. The molecule has 160 valence electrons. The number of aromatic nitrogens is 2. The number of likely N-dealkylation sites (tertiary alicyclic amines) is 1. The van der Waals surface area contributed by atoms with Crippen LogP contribution in [0.4, 0.5) is 0 Å². The van der Waals surface area contributed by atoms with E-state index in [1.807, 2.05) is 29.1 Å². The van der Waals surface area contributed by atoms with Crippen molar-refractivity contribution >= 4 is 29.9 Å². The fourth-order valence-electron chi connectivity index (χ4n) is 3.55. The molecular weight excluding hydrogens is 479 g/mol. The molecule has 0 spiro atoms. The summed E-state index contributed by atoms with van der Waals surface area (Å²) in [6, 6.07) is 10.6. The third kappa shape index (κ3) is 7.18. The second kappa shape index (κ2) is 12.7. The minimum absolute atomic E-state index is 0. The zero-order valence-electron chi connectivity index (χ0n) is 17.4. The lowest BCUT2D eigenvalue weighted by molar-refractivity contribution is 0.251. The van der Waals surface area contributed by atoms with Crippen LogP contribution in [-0.4, -0.2) is 60.5 Å². The Labute approximate surface area is 190 Å². The van der Waals surface area contributed by atoms with Crippen LogP contribution in [0.1, 0.15) is 31.4 Å². The quantitative estimate of drug-likeness (QED) is 0.308. The molecule has 1 aliphatic heterocycles. The highest BCUT2D eigenvalue weighted by molar-refractivity contribution is 14.0. The van der Waals surface area contributed by atoms with Gasteiger partial charge in [0.05, 0.1) is 26.2 Å². The maximum atomic E-state index is 5.31. The standard InChI is InChI=1S/C21H32N6O.HI/c1-3-22-21(23-12-16-27-15-6-11-25-27)24-17-20(26-13-4-5-14-26)18-7-9-19(28-2)10-8-18;/h6-11,15,20H,3-5,12-14,16-17H2,1-2H3,(H2,22,23,24);1H. The van der Waals surface area contributed by atoms with Gasteiger partial charge in [0, 0.05) is 25.5 Å². The first-order valence-electron chi connectivity index (χ1n) is 10.2. The van der Waals surface area contributed by atoms with Gasteiger partial charge >= 0.3 is 0 Å². The van der Waals surface area contributed by atoms with Gasteiger partial charge in [0.2, 0.25) is 0 Å². The summed E-state index contributed by atoms with van der Waals surface area (Å²) < 4.78 is 7.23. The molecule has 0 amide bonds. The van der Waals surface area contributed by atoms with Gasteiger partial charge in [-0.1, -0.05) is 12.1 Å². The van der Waals surface area contributed by atoms with Crippen LogP contribution in [0, 0.1) is 0 Å². The van der Waals surface area contributed by atoms with Crippen molar-refractivity contribution < 1.29 is 4.74 Å². The topological polar surface area (TPSA) is 66.7 Å². The van der Waals surface area contributed by atoms with Crippen LogP contribution in [0.25, 0.3) is 0 Å². The summed E-state index contributed by atoms with van der Waals surface area (Å²) in [6.45, 7) is 7.51. The summed E-state index contributed by atoms with van der Waals surface area (Å²) in [7, 11) is 1.70. The summed E-state index contributed by atoms with van der Waals surface area (Å²) in [5.41, 5.74) is 1.29. The van der Waals surface area contributed by atoms with Crippen LogP contribution in [0.5, 0.6) is 5.75 Å². The molecule has 0 saturated carbocycles. The van der Waals surface area contributed by atoms with Crippen molar-refractivity contribution in [2.75, 3.05) is 39.8 Å². The molecule has 2 aromatic rings. The van der Waals surface area contributed by atoms with Crippen molar-refractivity contribution in [1.82, 2.24) is 25.3 Å². The van der Waals surface area contributed by atoms with E-state index in [-0.39, 0.29) is 30.0 Å². The molecule has 1 aromatic heterocycles. The highest BCUT2D eigenvalue weighted by atomic mass is 127. The molecule has 2 heterocycles. The van der Waals surface area contributed by atoms with E-state index in [0.717, 1.165) is 51.0 Å². The van der Waals surface area contributed by atoms with E-state index in [2.05, 4.69) is 39.7 Å². The first-order chi connectivity index (χ1) is 13.8. The average Bonchev–Trinajstić information content (AvgIpc) is 3.43. The molecule has 0 aliphatic carbocycles. The molecular formula is C21H33IN6O. The van der Waals surface area contributed by atoms with Crippen LogP contribution in [-0.2, 0) is 6.54 Å². The number of nitrogens with zero attached hydrogens (tertiary/aromatic N) is 4. The molecule has 0 radical (unpaired) electrons. The Balaban J connectivity index is 0.00000300. The molecule has 1 saturated heterocycles. The number of hydrogen-bond donors (Lipinski definition) is 2. The largest absolute Gasteiger partial charge is 0.497 e. The molecule has 1 atom stereocenters. The van der Waals surface area contributed by atoms with Gasteiger partial charge < -0.3 is 15.4 Å². The number of methoxy groups -OCH3 is 1. The van der Waals surface area contributed by atoms with Gasteiger partial charge in [-0.2, -0.15) is 5.10 Å². The van der Waals surface area contributed by atoms with Crippen molar-refractivity contribution in [1.29, 1.82) is 0 Å². The number of benzene rings is 1. The third-order valence-electron chi connectivity index (χ3n) is 5.04. The second-order valence-corrected chi connectivity index (χ2v) is 6.95. The lowest BCUT2D eigenvalue weighted by atomic mass is 10.1. The number of aliphatic imine (C=N–C) groups is 1. The monoisotopic (exact) mass is 512 g/mol. The Kier molecular flexibility index (Phi) is 10.3. The van der Waals surface area contributed by atoms with Crippen molar-refractivity contribution in [3.63, 3.8) is 0 Å².